The number of aryl methyl sites for hydroxylation is 1. The van der Waals surface area contributed by atoms with Gasteiger partial charge in [0.1, 0.15) is 6.10 Å². The van der Waals surface area contributed by atoms with Crippen LogP contribution in [0.15, 0.2) is 24.3 Å². The van der Waals surface area contributed by atoms with Gasteiger partial charge in [0.25, 0.3) is 5.91 Å². The molecule has 2 aliphatic rings. The number of nitrogens with zero attached hydrogens (tertiary/aromatic N) is 1. The summed E-state index contributed by atoms with van der Waals surface area (Å²) in [5, 5.41) is 6.20. The van der Waals surface area contributed by atoms with Crippen LogP contribution in [0.25, 0.3) is 0 Å². The van der Waals surface area contributed by atoms with Crippen molar-refractivity contribution in [3.05, 3.63) is 35.4 Å². The van der Waals surface area contributed by atoms with Gasteiger partial charge in [-0.05, 0) is 25.3 Å². The van der Waals surface area contributed by atoms with Gasteiger partial charge in [-0.25, -0.2) is 0 Å². The first-order chi connectivity index (χ1) is 12.1. The van der Waals surface area contributed by atoms with Crippen molar-refractivity contribution < 1.29 is 14.3 Å². The summed E-state index contributed by atoms with van der Waals surface area (Å²) >= 11 is 0. The Hall–Kier alpha value is -1.63. The van der Waals surface area contributed by atoms with E-state index in [0.29, 0.717) is 45.6 Å². The zero-order chi connectivity index (χ0) is 17.6. The van der Waals surface area contributed by atoms with Crippen molar-refractivity contribution in [2.75, 3.05) is 32.8 Å². The van der Waals surface area contributed by atoms with Crippen LogP contribution in [0.1, 0.15) is 24.0 Å². The first-order valence-corrected chi connectivity index (χ1v) is 9.08. The van der Waals surface area contributed by atoms with Crippen LogP contribution >= 0.6 is 12.4 Å². The molecule has 7 heteroatoms. The molecular weight excluding hydrogens is 354 g/mol. The fraction of sp³-hybridized carbons (Fsp3) is 0.579. The Kier molecular flexibility index (Phi) is 7.87. The number of benzene rings is 1. The lowest BCUT2D eigenvalue weighted by Gasteiger charge is -2.34. The first kappa shape index (κ1) is 20.7. The number of carbonyl (C=O) groups is 2. The highest BCUT2D eigenvalue weighted by Crippen LogP contribution is 2.19. The molecule has 0 aliphatic carbocycles. The lowest BCUT2D eigenvalue weighted by atomic mass is 9.95. The van der Waals surface area contributed by atoms with E-state index in [1.807, 2.05) is 36.1 Å². The molecule has 6 nitrogen and oxygen atoms in total. The zero-order valence-electron chi connectivity index (χ0n) is 15.2. The standard InChI is InChI=1S/C19H27N3O3.ClH/c1-14-2-4-15(5-3-14)12-21-18(23)16-6-9-22(10-7-16)19(24)17-13-20-8-11-25-17;/h2-5,16-17,20H,6-13H2,1H3,(H,21,23);1H. The molecule has 1 aromatic carbocycles. The van der Waals surface area contributed by atoms with Gasteiger partial charge >= 0.3 is 0 Å². The van der Waals surface area contributed by atoms with E-state index >= 15 is 0 Å². The Balaban J connectivity index is 0.00000243. The molecule has 0 spiro atoms. The highest BCUT2D eigenvalue weighted by atomic mass is 35.5. The largest absolute Gasteiger partial charge is 0.366 e. The van der Waals surface area contributed by atoms with Gasteiger partial charge in [0.15, 0.2) is 0 Å². The Morgan fingerprint density at radius 2 is 1.92 bits per heavy atom. The number of likely N-dealkylation sites (tertiary alicyclic amines) is 1. The maximum absolute atomic E-state index is 12.4. The summed E-state index contributed by atoms with van der Waals surface area (Å²) in [6.07, 6.45) is 1.05. The van der Waals surface area contributed by atoms with E-state index in [4.69, 9.17) is 4.74 Å². The second-order valence-electron chi connectivity index (χ2n) is 6.87. The van der Waals surface area contributed by atoms with Crippen LogP contribution in [-0.2, 0) is 20.9 Å². The molecule has 2 amide bonds. The third-order valence-corrected chi connectivity index (χ3v) is 4.97. The molecule has 1 aromatic rings. The van der Waals surface area contributed by atoms with Gasteiger partial charge in [0.05, 0.1) is 6.61 Å². The van der Waals surface area contributed by atoms with Gasteiger partial charge < -0.3 is 20.3 Å². The predicted octanol–water partition coefficient (Wildman–Crippen LogP) is 1.26. The van der Waals surface area contributed by atoms with Crippen LogP contribution in [-0.4, -0.2) is 55.6 Å². The number of hydrogen-bond donors (Lipinski definition) is 2. The van der Waals surface area contributed by atoms with Crippen molar-refractivity contribution in [2.24, 2.45) is 5.92 Å². The molecule has 26 heavy (non-hydrogen) atoms. The van der Waals surface area contributed by atoms with E-state index < -0.39 is 0 Å². The van der Waals surface area contributed by atoms with E-state index in [1.165, 1.54) is 5.56 Å². The van der Waals surface area contributed by atoms with Crippen LogP contribution in [0.2, 0.25) is 0 Å². The number of ether oxygens (including phenoxy) is 1. The van der Waals surface area contributed by atoms with Gasteiger partial charge in [-0.3, -0.25) is 9.59 Å². The number of morpholine rings is 1. The summed E-state index contributed by atoms with van der Waals surface area (Å²) < 4.78 is 5.53. The van der Waals surface area contributed by atoms with E-state index in [9.17, 15) is 9.59 Å². The number of carbonyl (C=O) groups excluding carboxylic acids is 2. The Morgan fingerprint density at radius 3 is 2.54 bits per heavy atom. The van der Waals surface area contributed by atoms with E-state index in [0.717, 1.165) is 12.1 Å². The monoisotopic (exact) mass is 381 g/mol. The maximum atomic E-state index is 12.4. The number of nitrogens with one attached hydrogen (secondary N) is 2. The molecule has 1 unspecified atom stereocenters. The van der Waals surface area contributed by atoms with Crippen molar-refractivity contribution in [3.8, 4) is 0 Å². The molecular formula is C19H28ClN3O3. The van der Waals surface area contributed by atoms with Crippen LogP contribution in [0.5, 0.6) is 0 Å². The molecule has 2 fully saturated rings. The third-order valence-electron chi connectivity index (χ3n) is 4.97. The fourth-order valence-electron chi connectivity index (χ4n) is 3.33. The highest BCUT2D eigenvalue weighted by molar-refractivity contribution is 5.85. The molecule has 2 heterocycles. The summed E-state index contributed by atoms with van der Waals surface area (Å²) in [7, 11) is 0. The van der Waals surface area contributed by atoms with E-state index in [2.05, 4.69) is 10.6 Å². The van der Waals surface area contributed by atoms with Gasteiger partial charge in [0.2, 0.25) is 5.91 Å². The molecule has 0 bridgehead atoms. The lowest BCUT2D eigenvalue weighted by molar-refractivity contribution is -0.147. The number of hydrogen-bond acceptors (Lipinski definition) is 4. The number of amides is 2. The molecule has 0 aromatic heterocycles. The molecule has 2 aliphatic heterocycles. The second-order valence-corrected chi connectivity index (χ2v) is 6.87. The smallest absolute Gasteiger partial charge is 0.253 e. The predicted molar refractivity (Wildman–Crippen MR) is 102 cm³/mol. The first-order valence-electron chi connectivity index (χ1n) is 9.08. The Morgan fingerprint density at radius 1 is 1.23 bits per heavy atom. The number of piperidine rings is 1. The third kappa shape index (κ3) is 5.43. The van der Waals surface area contributed by atoms with Crippen LogP contribution < -0.4 is 10.6 Å². The summed E-state index contributed by atoms with van der Waals surface area (Å²) in [6, 6.07) is 8.17. The lowest BCUT2D eigenvalue weighted by Crippen LogP contribution is -2.52. The Labute approximate surface area is 161 Å². The minimum absolute atomic E-state index is 0. The van der Waals surface area contributed by atoms with Gasteiger partial charge in [-0.15, -0.1) is 12.4 Å². The maximum Gasteiger partial charge on any atom is 0.253 e. The fourth-order valence-corrected chi connectivity index (χ4v) is 3.33. The van der Waals surface area contributed by atoms with Crippen LogP contribution in [0.3, 0.4) is 0 Å². The average molecular weight is 382 g/mol. The van der Waals surface area contributed by atoms with Gasteiger partial charge in [-0.2, -0.15) is 0 Å². The van der Waals surface area contributed by atoms with Gasteiger partial charge in [0, 0.05) is 38.6 Å². The summed E-state index contributed by atoms with van der Waals surface area (Å²) in [5.41, 5.74) is 2.32. The molecule has 144 valence electrons. The van der Waals surface area contributed by atoms with E-state index in [1.54, 1.807) is 0 Å². The highest BCUT2D eigenvalue weighted by Gasteiger charge is 2.31. The average Bonchev–Trinajstić information content (AvgIpc) is 2.67. The summed E-state index contributed by atoms with van der Waals surface area (Å²) in [6.45, 7) is 5.81. The van der Waals surface area contributed by atoms with Crippen molar-refractivity contribution in [3.63, 3.8) is 0 Å². The van der Waals surface area contributed by atoms with Crippen molar-refractivity contribution in [1.29, 1.82) is 0 Å². The molecule has 0 radical (unpaired) electrons. The molecule has 3 rings (SSSR count). The van der Waals surface area contributed by atoms with Crippen LogP contribution in [0.4, 0.5) is 0 Å². The minimum atomic E-state index is -0.374. The van der Waals surface area contributed by atoms with Gasteiger partial charge in [-0.1, -0.05) is 29.8 Å². The SMILES string of the molecule is Cc1ccc(CNC(=O)C2CCN(C(=O)C3CNCCO3)CC2)cc1.Cl. The van der Waals surface area contributed by atoms with Crippen LogP contribution in [0, 0.1) is 12.8 Å². The van der Waals surface area contributed by atoms with Crippen molar-refractivity contribution in [2.45, 2.75) is 32.4 Å². The van der Waals surface area contributed by atoms with Crippen molar-refractivity contribution >= 4 is 24.2 Å². The second kappa shape index (κ2) is 9.90. The van der Waals surface area contributed by atoms with E-state index in [-0.39, 0.29) is 36.2 Å². The molecule has 1 atom stereocenters. The number of rotatable bonds is 4. The topological polar surface area (TPSA) is 70.7 Å². The molecule has 0 saturated carbocycles. The minimum Gasteiger partial charge on any atom is -0.366 e. The molecule has 2 saturated heterocycles. The summed E-state index contributed by atoms with van der Waals surface area (Å²) in [4.78, 5) is 26.6. The zero-order valence-corrected chi connectivity index (χ0v) is 16.0. The normalized spacial score (nSPS) is 21.0. The number of halogens is 1. The summed E-state index contributed by atoms with van der Waals surface area (Å²) in [5.74, 6) is 0.119. The van der Waals surface area contributed by atoms with Crippen molar-refractivity contribution in [1.82, 2.24) is 15.5 Å². The quantitative estimate of drug-likeness (QED) is 0.823. The Bertz CT molecular complexity index is 595. The molecule has 2 N–H and O–H groups in total.